The highest BCUT2D eigenvalue weighted by Gasteiger charge is 2.41. The summed E-state index contributed by atoms with van der Waals surface area (Å²) in [5, 5.41) is 1.03. The molecule has 0 fully saturated rings. The Morgan fingerprint density at radius 2 is 1.69 bits per heavy atom. The van der Waals surface area contributed by atoms with E-state index in [1.807, 2.05) is 48.5 Å². The molecule has 4 aromatic carbocycles. The molecule has 2 aliphatic heterocycles. The number of nitrogens with one attached hydrogen (secondary N) is 1. The molecule has 0 radical (unpaired) electrons. The molecule has 1 N–H and O–H groups in total. The van der Waals surface area contributed by atoms with Crippen LogP contribution in [0.1, 0.15) is 45.6 Å². The first-order chi connectivity index (χ1) is 19.1. The van der Waals surface area contributed by atoms with Gasteiger partial charge in [-0.2, -0.15) is 0 Å². The molecule has 5 aromatic rings. The summed E-state index contributed by atoms with van der Waals surface area (Å²) in [5.74, 6) is 0.913. The minimum absolute atomic E-state index is 0.0810. The number of H-pyrrole nitrogens is 1. The molecule has 0 spiro atoms. The number of aromatic amines is 1. The average Bonchev–Trinajstić information content (AvgIpc) is 3.32. The molecule has 0 aliphatic carbocycles. The Labute approximate surface area is 225 Å². The van der Waals surface area contributed by atoms with Crippen molar-refractivity contribution in [3.63, 3.8) is 0 Å². The number of nitrogens with zero attached hydrogens (tertiary/aromatic N) is 1. The van der Waals surface area contributed by atoms with Gasteiger partial charge < -0.3 is 14.5 Å². The third kappa shape index (κ3) is 4.16. The summed E-state index contributed by atoms with van der Waals surface area (Å²) in [7, 11) is 1.67. The molecule has 0 amide bonds. The van der Waals surface area contributed by atoms with Gasteiger partial charge in [-0.3, -0.25) is 4.90 Å². The van der Waals surface area contributed by atoms with Crippen LogP contribution < -0.4 is 9.47 Å². The van der Waals surface area contributed by atoms with Gasteiger partial charge in [0.1, 0.15) is 18.2 Å². The largest absolute Gasteiger partial charge is 0.493 e. The van der Waals surface area contributed by atoms with Crippen LogP contribution in [0.15, 0.2) is 84.9 Å². The predicted molar refractivity (Wildman–Crippen MR) is 147 cm³/mol. The molecule has 2 unspecified atom stereocenters. The van der Waals surface area contributed by atoms with Crippen molar-refractivity contribution in [2.24, 2.45) is 0 Å². The molecule has 0 saturated carbocycles. The Balaban J connectivity index is 1.32. The molecule has 3 heterocycles. The van der Waals surface area contributed by atoms with E-state index in [-0.39, 0.29) is 23.7 Å². The van der Waals surface area contributed by atoms with Gasteiger partial charge in [-0.25, -0.2) is 8.78 Å². The number of rotatable bonds is 5. The minimum atomic E-state index is -0.268. The number of benzene rings is 4. The van der Waals surface area contributed by atoms with Gasteiger partial charge in [-0.1, -0.05) is 42.5 Å². The third-order valence-electron chi connectivity index (χ3n) is 8.15. The Bertz CT molecular complexity index is 1660. The van der Waals surface area contributed by atoms with Gasteiger partial charge in [-0.05, 0) is 83.1 Å². The lowest BCUT2D eigenvalue weighted by molar-refractivity contribution is 0.127. The van der Waals surface area contributed by atoms with Crippen LogP contribution in [-0.2, 0) is 19.4 Å². The van der Waals surface area contributed by atoms with Gasteiger partial charge >= 0.3 is 0 Å². The van der Waals surface area contributed by atoms with Crippen LogP contribution in [0.3, 0.4) is 0 Å². The van der Waals surface area contributed by atoms with Crippen molar-refractivity contribution in [3.8, 4) is 11.5 Å². The highest BCUT2D eigenvalue weighted by molar-refractivity contribution is 5.85. The van der Waals surface area contributed by atoms with Crippen molar-refractivity contribution in [3.05, 3.63) is 130 Å². The molecule has 0 bridgehead atoms. The van der Waals surface area contributed by atoms with Crippen LogP contribution in [0.4, 0.5) is 8.78 Å². The van der Waals surface area contributed by atoms with Crippen molar-refractivity contribution >= 4 is 10.9 Å². The van der Waals surface area contributed by atoms with E-state index in [0.717, 1.165) is 52.9 Å². The lowest BCUT2D eigenvalue weighted by Gasteiger charge is -2.46. The SMILES string of the molecule is COc1cc2c(cc1OCc1ccccc1)CCN1C2Cc2c([nH]c3cc(F)ccc23)C1c1ccc(F)cc1. The van der Waals surface area contributed by atoms with Gasteiger partial charge in [-0.15, -0.1) is 0 Å². The molecule has 196 valence electrons. The van der Waals surface area contributed by atoms with Crippen molar-refractivity contribution in [2.45, 2.75) is 31.5 Å². The van der Waals surface area contributed by atoms with E-state index < -0.39 is 0 Å². The van der Waals surface area contributed by atoms with E-state index in [2.05, 4.69) is 22.0 Å². The number of hydrogen-bond acceptors (Lipinski definition) is 3. The topological polar surface area (TPSA) is 37.5 Å². The van der Waals surface area contributed by atoms with Gasteiger partial charge in [0, 0.05) is 29.2 Å². The van der Waals surface area contributed by atoms with Crippen LogP contribution in [0.5, 0.6) is 11.5 Å². The highest BCUT2D eigenvalue weighted by atomic mass is 19.1. The summed E-state index contributed by atoms with van der Waals surface area (Å²) in [4.78, 5) is 6.00. The monoisotopic (exact) mass is 522 g/mol. The standard InChI is InChI=1S/C33H28F2N2O2/c1-38-30-18-26-22(15-31(30)39-19-20-5-3-2-4-6-20)13-14-37-29(26)17-27-25-12-11-24(35)16-28(25)36-32(27)33(37)21-7-9-23(34)10-8-21/h2-12,15-16,18,29,33,36H,13-14,17,19H2,1H3. The quantitative estimate of drug-likeness (QED) is 0.264. The highest BCUT2D eigenvalue weighted by Crippen LogP contribution is 2.49. The van der Waals surface area contributed by atoms with Crippen molar-refractivity contribution in [2.75, 3.05) is 13.7 Å². The summed E-state index contributed by atoms with van der Waals surface area (Å²) in [6.45, 7) is 1.29. The predicted octanol–water partition coefficient (Wildman–Crippen LogP) is 7.28. The molecule has 1 aromatic heterocycles. The Morgan fingerprint density at radius 1 is 0.897 bits per heavy atom. The maximum absolute atomic E-state index is 14.2. The normalized spacial score (nSPS) is 18.3. The van der Waals surface area contributed by atoms with Crippen LogP contribution in [0, 0.1) is 11.6 Å². The van der Waals surface area contributed by atoms with Gasteiger partial charge in [0.15, 0.2) is 11.5 Å². The van der Waals surface area contributed by atoms with Crippen LogP contribution in [-0.4, -0.2) is 23.5 Å². The third-order valence-corrected chi connectivity index (χ3v) is 8.15. The maximum atomic E-state index is 14.2. The smallest absolute Gasteiger partial charge is 0.161 e. The fourth-order valence-corrected chi connectivity index (χ4v) is 6.34. The van der Waals surface area contributed by atoms with Crippen LogP contribution in [0.25, 0.3) is 10.9 Å². The average molecular weight is 523 g/mol. The maximum Gasteiger partial charge on any atom is 0.161 e. The summed E-state index contributed by atoms with van der Waals surface area (Å²) in [5.41, 5.74) is 7.57. The molecular formula is C33H28F2N2O2. The fourth-order valence-electron chi connectivity index (χ4n) is 6.34. The fraction of sp³-hybridized carbons (Fsp3) is 0.212. The Hall–Kier alpha value is -4.16. The summed E-state index contributed by atoms with van der Waals surface area (Å²) in [6.07, 6.45) is 1.62. The zero-order chi connectivity index (χ0) is 26.5. The Morgan fingerprint density at radius 3 is 2.49 bits per heavy atom. The molecule has 4 nitrogen and oxygen atoms in total. The van der Waals surface area contributed by atoms with Crippen molar-refractivity contribution < 1.29 is 18.3 Å². The molecule has 2 aliphatic rings. The molecule has 39 heavy (non-hydrogen) atoms. The zero-order valence-corrected chi connectivity index (χ0v) is 21.6. The molecular weight excluding hydrogens is 494 g/mol. The van der Waals surface area contributed by atoms with E-state index in [1.165, 1.54) is 34.9 Å². The van der Waals surface area contributed by atoms with Crippen LogP contribution in [0.2, 0.25) is 0 Å². The molecule has 0 saturated heterocycles. The number of methoxy groups -OCH3 is 1. The van der Waals surface area contributed by atoms with Crippen LogP contribution >= 0.6 is 0 Å². The van der Waals surface area contributed by atoms with Gasteiger partial charge in [0.25, 0.3) is 0 Å². The summed E-state index contributed by atoms with van der Waals surface area (Å²) < 4.78 is 40.1. The minimum Gasteiger partial charge on any atom is -0.493 e. The van der Waals surface area contributed by atoms with E-state index >= 15 is 0 Å². The lowest BCUT2D eigenvalue weighted by Crippen LogP contribution is -2.43. The summed E-state index contributed by atoms with van der Waals surface area (Å²) in [6, 6.07) is 26.0. The van der Waals surface area contributed by atoms with Crippen molar-refractivity contribution in [1.29, 1.82) is 0 Å². The first-order valence-corrected chi connectivity index (χ1v) is 13.3. The Kier molecular flexibility index (Phi) is 5.85. The second kappa shape index (κ2) is 9.54. The number of ether oxygens (including phenoxy) is 2. The summed E-state index contributed by atoms with van der Waals surface area (Å²) >= 11 is 0. The first kappa shape index (κ1) is 23.9. The zero-order valence-electron chi connectivity index (χ0n) is 21.6. The second-order valence-corrected chi connectivity index (χ2v) is 10.3. The number of hydrogen-bond donors (Lipinski definition) is 1. The molecule has 6 heteroatoms. The molecule has 2 atom stereocenters. The van der Waals surface area contributed by atoms with E-state index in [0.29, 0.717) is 12.4 Å². The number of fused-ring (bicyclic) bond motifs is 6. The second-order valence-electron chi connectivity index (χ2n) is 10.3. The van der Waals surface area contributed by atoms with Crippen molar-refractivity contribution in [1.82, 2.24) is 9.88 Å². The van der Waals surface area contributed by atoms with Gasteiger partial charge in [0.05, 0.1) is 13.2 Å². The lowest BCUT2D eigenvalue weighted by atomic mass is 9.80. The molecule has 7 rings (SSSR count). The van der Waals surface area contributed by atoms with Gasteiger partial charge in [0.2, 0.25) is 0 Å². The first-order valence-electron chi connectivity index (χ1n) is 13.3. The van der Waals surface area contributed by atoms with E-state index in [9.17, 15) is 8.78 Å². The van der Waals surface area contributed by atoms with E-state index in [1.54, 1.807) is 13.2 Å². The number of halogens is 2. The number of aromatic nitrogens is 1. The van der Waals surface area contributed by atoms with E-state index in [4.69, 9.17) is 9.47 Å².